The molecular formula is C24H24N6. The Balaban J connectivity index is 1.46. The Hall–Kier alpha value is -3.41. The van der Waals surface area contributed by atoms with Crippen LogP contribution in [0.3, 0.4) is 0 Å². The first-order valence-electron chi connectivity index (χ1n) is 10.3. The van der Waals surface area contributed by atoms with Crippen LogP contribution in [0.5, 0.6) is 0 Å². The maximum Gasteiger partial charge on any atom is 0.159 e. The lowest BCUT2D eigenvalue weighted by Crippen LogP contribution is -2.09. The Bertz CT molecular complexity index is 1180. The Morgan fingerprint density at radius 3 is 2.43 bits per heavy atom. The third-order valence-corrected chi connectivity index (χ3v) is 5.53. The SMILES string of the molecule is Cc1ccc(C2CC2c2cc(-n3nc(C)nc3Cc3ccccc3)nc(C)n2)nc1. The average molecular weight is 396 g/mol. The first-order chi connectivity index (χ1) is 14.6. The van der Waals surface area contributed by atoms with Gasteiger partial charge in [-0.3, -0.25) is 4.98 Å². The fraction of sp³-hybridized carbons (Fsp3) is 0.292. The van der Waals surface area contributed by atoms with E-state index >= 15 is 0 Å². The Labute approximate surface area is 176 Å². The van der Waals surface area contributed by atoms with Gasteiger partial charge in [-0.1, -0.05) is 36.4 Å². The second kappa shape index (κ2) is 7.44. The lowest BCUT2D eigenvalue weighted by atomic mass is 10.1. The summed E-state index contributed by atoms with van der Waals surface area (Å²) in [6.45, 7) is 5.92. The zero-order chi connectivity index (χ0) is 20.7. The van der Waals surface area contributed by atoms with Gasteiger partial charge >= 0.3 is 0 Å². The molecule has 0 saturated heterocycles. The number of hydrogen-bond acceptors (Lipinski definition) is 5. The van der Waals surface area contributed by atoms with Gasteiger partial charge in [0.15, 0.2) is 5.82 Å². The quantitative estimate of drug-likeness (QED) is 0.505. The molecule has 0 amide bonds. The maximum atomic E-state index is 4.73. The van der Waals surface area contributed by atoms with E-state index in [1.165, 1.54) is 11.1 Å². The van der Waals surface area contributed by atoms with Crippen molar-refractivity contribution in [3.8, 4) is 5.82 Å². The predicted molar refractivity (Wildman–Crippen MR) is 115 cm³/mol. The van der Waals surface area contributed by atoms with E-state index in [9.17, 15) is 0 Å². The van der Waals surface area contributed by atoms with Crippen molar-refractivity contribution in [1.29, 1.82) is 0 Å². The molecule has 6 nitrogen and oxygen atoms in total. The summed E-state index contributed by atoms with van der Waals surface area (Å²) in [6.07, 6.45) is 3.72. The summed E-state index contributed by atoms with van der Waals surface area (Å²) in [7, 11) is 0. The largest absolute Gasteiger partial charge is 0.261 e. The van der Waals surface area contributed by atoms with Gasteiger partial charge in [0.1, 0.15) is 17.5 Å². The number of aromatic nitrogens is 6. The smallest absolute Gasteiger partial charge is 0.159 e. The minimum atomic E-state index is 0.378. The van der Waals surface area contributed by atoms with Crippen molar-refractivity contribution in [2.75, 3.05) is 0 Å². The van der Waals surface area contributed by atoms with Gasteiger partial charge in [-0.25, -0.2) is 15.0 Å². The average Bonchev–Trinajstić information content (AvgIpc) is 3.45. The van der Waals surface area contributed by atoms with Gasteiger partial charge in [-0.2, -0.15) is 4.68 Å². The normalized spacial score (nSPS) is 17.8. The van der Waals surface area contributed by atoms with E-state index < -0.39 is 0 Å². The molecule has 5 rings (SSSR count). The molecule has 0 spiro atoms. The van der Waals surface area contributed by atoms with Crippen LogP contribution in [0.15, 0.2) is 54.7 Å². The first-order valence-corrected chi connectivity index (χ1v) is 10.3. The topological polar surface area (TPSA) is 69.4 Å². The van der Waals surface area contributed by atoms with Crippen LogP contribution in [0.4, 0.5) is 0 Å². The van der Waals surface area contributed by atoms with Gasteiger partial charge in [0, 0.05) is 36.2 Å². The highest BCUT2D eigenvalue weighted by atomic mass is 15.4. The number of benzene rings is 1. The molecule has 1 fully saturated rings. The molecule has 0 bridgehead atoms. The molecule has 1 aliphatic carbocycles. The second-order valence-corrected chi connectivity index (χ2v) is 8.06. The highest BCUT2D eigenvalue weighted by Crippen LogP contribution is 2.53. The maximum absolute atomic E-state index is 4.73. The summed E-state index contributed by atoms with van der Waals surface area (Å²) >= 11 is 0. The number of aryl methyl sites for hydroxylation is 3. The molecule has 0 radical (unpaired) electrons. The number of rotatable bonds is 5. The van der Waals surface area contributed by atoms with E-state index in [4.69, 9.17) is 4.98 Å². The van der Waals surface area contributed by atoms with Crippen LogP contribution in [0.2, 0.25) is 0 Å². The lowest BCUT2D eigenvalue weighted by Gasteiger charge is -2.09. The van der Waals surface area contributed by atoms with E-state index in [1.54, 1.807) is 0 Å². The standard InChI is InChI=1S/C24H24N6/c1-15-9-10-21(25-14-15)19-12-20(19)22-13-24(27-16(2)26-22)30-23(28-17(3)29-30)11-18-7-5-4-6-8-18/h4-10,13-14,19-20H,11-12H2,1-3H3. The summed E-state index contributed by atoms with van der Waals surface area (Å²) in [5.74, 6) is 3.97. The summed E-state index contributed by atoms with van der Waals surface area (Å²) in [6, 6.07) is 16.6. The van der Waals surface area contributed by atoms with Gasteiger partial charge in [0.2, 0.25) is 0 Å². The van der Waals surface area contributed by atoms with Crippen molar-refractivity contribution in [2.24, 2.45) is 0 Å². The third-order valence-electron chi connectivity index (χ3n) is 5.53. The van der Waals surface area contributed by atoms with E-state index in [-0.39, 0.29) is 0 Å². The van der Waals surface area contributed by atoms with E-state index in [1.807, 2.05) is 42.9 Å². The van der Waals surface area contributed by atoms with Crippen molar-refractivity contribution in [1.82, 2.24) is 29.7 Å². The molecule has 1 saturated carbocycles. The predicted octanol–water partition coefficient (Wildman–Crippen LogP) is 4.24. The van der Waals surface area contributed by atoms with Crippen LogP contribution in [0, 0.1) is 20.8 Å². The molecule has 30 heavy (non-hydrogen) atoms. The minimum absolute atomic E-state index is 0.378. The molecule has 0 N–H and O–H groups in total. The molecule has 4 aromatic rings. The second-order valence-electron chi connectivity index (χ2n) is 8.06. The number of nitrogens with zero attached hydrogens (tertiary/aromatic N) is 6. The van der Waals surface area contributed by atoms with Crippen LogP contribution in [-0.2, 0) is 6.42 Å². The highest BCUT2D eigenvalue weighted by Gasteiger charge is 2.42. The van der Waals surface area contributed by atoms with Crippen molar-refractivity contribution in [3.63, 3.8) is 0 Å². The van der Waals surface area contributed by atoms with E-state index in [0.29, 0.717) is 18.3 Å². The van der Waals surface area contributed by atoms with Crippen molar-refractivity contribution >= 4 is 0 Å². The van der Waals surface area contributed by atoms with E-state index in [2.05, 4.69) is 57.3 Å². The number of hydrogen-bond donors (Lipinski definition) is 0. The van der Waals surface area contributed by atoms with Gasteiger partial charge < -0.3 is 0 Å². The first kappa shape index (κ1) is 18.6. The summed E-state index contributed by atoms with van der Waals surface area (Å²) in [5, 5.41) is 4.63. The summed E-state index contributed by atoms with van der Waals surface area (Å²) < 4.78 is 1.86. The minimum Gasteiger partial charge on any atom is -0.261 e. The van der Waals surface area contributed by atoms with Crippen LogP contribution in [0.1, 0.15) is 58.2 Å². The highest BCUT2D eigenvalue weighted by molar-refractivity contribution is 5.35. The van der Waals surface area contributed by atoms with Crippen LogP contribution in [0.25, 0.3) is 5.82 Å². The molecule has 2 unspecified atom stereocenters. The monoisotopic (exact) mass is 396 g/mol. The Morgan fingerprint density at radius 1 is 0.867 bits per heavy atom. The molecular weight excluding hydrogens is 372 g/mol. The molecule has 6 heteroatoms. The summed E-state index contributed by atoms with van der Waals surface area (Å²) in [4.78, 5) is 18.7. The summed E-state index contributed by atoms with van der Waals surface area (Å²) in [5.41, 5.74) is 4.59. The lowest BCUT2D eigenvalue weighted by molar-refractivity contribution is 0.762. The van der Waals surface area contributed by atoms with Crippen molar-refractivity contribution in [3.05, 3.63) is 94.7 Å². The molecule has 1 aromatic carbocycles. The molecule has 0 aliphatic heterocycles. The fourth-order valence-corrected chi connectivity index (χ4v) is 3.96. The molecule has 3 heterocycles. The van der Waals surface area contributed by atoms with Gasteiger partial charge in [0.25, 0.3) is 0 Å². The van der Waals surface area contributed by atoms with Crippen LogP contribution < -0.4 is 0 Å². The van der Waals surface area contributed by atoms with E-state index in [0.717, 1.165) is 41.1 Å². The molecule has 1 aliphatic rings. The Kier molecular flexibility index (Phi) is 4.62. The Morgan fingerprint density at radius 2 is 1.67 bits per heavy atom. The number of pyridine rings is 1. The van der Waals surface area contributed by atoms with Crippen LogP contribution in [-0.4, -0.2) is 29.7 Å². The molecule has 150 valence electrons. The fourth-order valence-electron chi connectivity index (χ4n) is 3.96. The van der Waals surface area contributed by atoms with Gasteiger partial charge in [-0.15, -0.1) is 5.10 Å². The molecule has 3 aromatic heterocycles. The van der Waals surface area contributed by atoms with Crippen molar-refractivity contribution < 1.29 is 0 Å². The van der Waals surface area contributed by atoms with Gasteiger partial charge in [0.05, 0.1) is 5.69 Å². The zero-order valence-corrected chi connectivity index (χ0v) is 17.4. The third kappa shape index (κ3) is 3.73. The van der Waals surface area contributed by atoms with Crippen molar-refractivity contribution in [2.45, 2.75) is 45.4 Å². The van der Waals surface area contributed by atoms with Crippen LogP contribution >= 0.6 is 0 Å². The molecule has 2 atom stereocenters. The van der Waals surface area contributed by atoms with Gasteiger partial charge in [-0.05, 0) is 44.4 Å². The zero-order valence-electron chi connectivity index (χ0n) is 17.4.